The minimum absolute atomic E-state index is 0.0489. The number of aryl methyl sites for hydroxylation is 2. The number of carbonyl (C=O) groups excluding carboxylic acids is 1. The van der Waals surface area contributed by atoms with Crippen molar-refractivity contribution in [1.82, 2.24) is 9.97 Å². The molecule has 0 aliphatic rings. The van der Waals surface area contributed by atoms with E-state index in [2.05, 4.69) is 15.3 Å². The molecule has 6 heteroatoms. The molecule has 0 spiro atoms. The van der Waals surface area contributed by atoms with Crippen molar-refractivity contribution in [3.05, 3.63) is 52.5 Å². The van der Waals surface area contributed by atoms with E-state index < -0.39 is 0 Å². The molecule has 4 nitrogen and oxygen atoms in total. The standard InChI is InChI=1S/C18H18ClN3OS/c1-10-4-5-11(2)15(8-10)20-17(23)12(3)24-18-21-14-7-6-13(19)9-16(14)22-18/h4-9,12H,1-3H3,(H,20,23)(H,21,22). The van der Waals surface area contributed by atoms with Crippen molar-refractivity contribution in [2.24, 2.45) is 0 Å². The zero-order valence-electron chi connectivity index (χ0n) is 13.7. The van der Waals surface area contributed by atoms with Gasteiger partial charge in [-0.15, -0.1) is 0 Å². The highest BCUT2D eigenvalue weighted by atomic mass is 35.5. The highest BCUT2D eigenvalue weighted by molar-refractivity contribution is 8.00. The highest BCUT2D eigenvalue weighted by Crippen LogP contribution is 2.26. The Morgan fingerprint density at radius 1 is 1.25 bits per heavy atom. The smallest absolute Gasteiger partial charge is 0.237 e. The number of anilines is 1. The van der Waals surface area contributed by atoms with E-state index in [1.54, 1.807) is 6.07 Å². The Bertz CT molecular complexity index is 906. The Kier molecular flexibility index (Phi) is 4.83. The second-order valence-electron chi connectivity index (χ2n) is 5.77. The number of nitrogens with zero attached hydrogens (tertiary/aromatic N) is 1. The first-order valence-electron chi connectivity index (χ1n) is 7.62. The van der Waals surface area contributed by atoms with Gasteiger partial charge in [0.1, 0.15) is 0 Å². The van der Waals surface area contributed by atoms with Gasteiger partial charge in [0, 0.05) is 10.7 Å². The average Bonchev–Trinajstić information content (AvgIpc) is 2.92. The van der Waals surface area contributed by atoms with Crippen molar-refractivity contribution in [1.29, 1.82) is 0 Å². The van der Waals surface area contributed by atoms with E-state index in [9.17, 15) is 4.79 Å². The van der Waals surface area contributed by atoms with Crippen LogP contribution in [-0.2, 0) is 4.79 Å². The number of thioether (sulfide) groups is 1. The summed E-state index contributed by atoms with van der Waals surface area (Å²) in [6, 6.07) is 11.5. The van der Waals surface area contributed by atoms with Crippen LogP contribution < -0.4 is 5.32 Å². The van der Waals surface area contributed by atoms with E-state index in [-0.39, 0.29) is 11.2 Å². The second-order valence-corrected chi connectivity index (χ2v) is 7.54. The number of H-pyrrole nitrogens is 1. The van der Waals surface area contributed by atoms with Gasteiger partial charge in [-0.2, -0.15) is 0 Å². The lowest BCUT2D eigenvalue weighted by atomic mass is 10.1. The van der Waals surface area contributed by atoms with Crippen molar-refractivity contribution >= 4 is 46.0 Å². The maximum absolute atomic E-state index is 12.5. The Hall–Kier alpha value is -1.98. The molecule has 0 aliphatic carbocycles. The number of aromatic nitrogens is 2. The number of halogens is 1. The molecule has 124 valence electrons. The van der Waals surface area contributed by atoms with Gasteiger partial charge in [-0.05, 0) is 56.2 Å². The summed E-state index contributed by atoms with van der Waals surface area (Å²) in [4.78, 5) is 20.1. The van der Waals surface area contributed by atoms with Gasteiger partial charge in [0.15, 0.2) is 5.16 Å². The van der Waals surface area contributed by atoms with Crippen LogP contribution in [0.15, 0.2) is 41.6 Å². The van der Waals surface area contributed by atoms with Crippen LogP contribution in [0.5, 0.6) is 0 Å². The van der Waals surface area contributed by atoms with E-state index in [0.29, 0.717) is 10.2 Å². The van der Waals surface area contributed by atoms with Crippen LogP contribution in [0.2, 0.25) is 5.02 Å². The molecule has 0 bridgehead atoms. The Balaban J connectivity index is 1.72. The summed E-state index contributed by atoms with van der Waals surface area (Å²) < 4.78 is 0. The van der Waals surface area contributed by atoms with Crippen molar-refractivity contribution in [2.45, 2.75) is 31.2 Å². The van der Waals surface area contributed by atoms with E-state index in [4.69, 9.17) is 11.6 Å². The van der Waals surface area contributed by atoms with Crippen molar-refractivity contribution in [2.75, 3.05) is 5.32 Å². The van der Waals surface area contributed by atoms with Crippen LogP contribution in [0.25, 0.3) is 11.0 Å². The van der Waals surface area contributed by atoms with Crippen LogP contribution in [0.4, 0.5) is 5.69 Å². The Morgan fingerprint density at radius 2 is 2.04 bits per heavy atom. The number of nitrogens with one attached hydrogen (secondary N) is 2. The molecule has 2 N–H and O–H groups in total. The predicted molar refractivity (Wildman–Crippen MR) is 101 cm³/mol. The van der Waals surface area contributed by atoms with E-state index in [0.717, 1.165) is 27.8 Å². The van der Waals surface area contributed by atoms with Crippen LogP contribution in [0.1, 0.15) is 18.1 Å². The lowest BCUT2D eigenvalue weighted by molar-refractivity contribution is -0.115. The third-order valence-electron chi connectivity index (χ3n) is 3.73. The predicted octanol–water partition coefficient (Wildman–Crippen LogP) is 4.95. The number of aromatic amines is 1. The van der Waals surface area contributed by atoms with Crippen molar-refractivity contribution in [3.8, 4) is 0 Å². The second kappa shape index (κ2) is 6.87. The first-order chi connectivity index (χ1) is 11.4. The lowest BCUT2D eigenvalue weighted by Crippen LogP contribution is -2.23. The molecule has 0 aliphatic heterocycles. The number of benzene rings is 2. The number of carbonyl (C=O) groups is 1. The molecule has 0 saturated carbocycles. The lowest BCUT2D eigenvalue weighted by Gasteiger charge is -2.13. The van der Waals surface area contributed by atoms with E-state index >= 15 is 0 Å². The number of fused-ring (bicyclic) bond motifs is 1. The molecule has 0 saturated heterocycles. The molecule has 2 aromatic carbocycles. The van der Waals surface area contributed by atoms with Crippen LogP contribution in [-0.4, -0.2) is 21.1 Å². The molecule has 1 aromatic heterocycles. The van der Waals surface area contributed by atoms with Crippen LogP contribution in [0.3, 0.4) is 0 Å². The van der Waals surface area contributed by atoms with Gasteiger partial charge in [-0.25, -0.2) is 4.98 Å². The summed E-state index contributed by atoms with van der Waals surface area (Å²) in [6.45, 7) is 5.86. The first kappa shape index (κ1) is 16.9. The largest absolute Gasteiger partial charge is 0.333 e. The number of imidazole rings is 1. The summed E-state index contributed by atoms with van der Waals surface area (Å²) in [5, 5.41) is 4.07. The fourth-order valence-corrected chi connectivity index (χ4v) is 3.33. The fourth-order valence-electron chi connectivity index (χ4n) is 2.34. The maximum Gasteiger partial charge on any atom is 0.237 e. The fraction of sp³-hybridized carbons (Fsp3) is 0.222. The monoisotopic (exact) mass is 359 g/mol. The Morgan fingerprint density at radius 3 is 2.83 bits per heavy atom. The van der Waals surface area contributed by atoms with Crippen molar-refractivity contribution < 1.29 is 4.79 Å². The molecular weight excluding hydrogens is 342 g/mol. The molecule has 3 aromatic rings. The normalized spacial score (nSPS) is 12.3. The Labute approximate surface area is 150 Å². The summed E-state index contributed by atoms with van der Waals surface area (Å²) in [7, 11) is 0. The van der Waals surface area contributed by atoms with E-state index in [1.807, 2.05) is 51.1 Å². The zero-order valence-corrected chi connectivity index (χ0v) is 15.3. The van der Waals surface area contributed by atoms with Crippen LogP contribution in [0, 0.1) is 13.8 Å². The number of rotatable bonds is 4. The minimum Gasteiger partial charge on any atom is -0.333 e. The van der Waals surface area contributed by atoms with Gasteiger partial charge < -0.3 is 10.3 Å². The summed E-state index contributed by atoms with van der Waals surface area (Å²) in [6.07, 6.45) is 0. The average molecular weight is 360 g/mol. The van der Waals surface area contributed by atoms with Gasteiger partial charge >= 0.3 is 0 Å². The number of hydrogen-bond acceptors (Lipinski definition) is 3. The third-order valence-corrected chi connectivity index (χ3v) is 4.95. The van der Waals surface area contributed by atoms with Gasteiger partial charge in [0.05, 0.1) is 16.3 Å². The van der Waals surface area contributed by atoms with Gasteiger partial charge in [-0.1, -0.05) is 35.5 Å². The molecule has 1 amide bonds. The summed E-state index contributed by atoms with van der Waals surface area (Å²) in [5.41, 5.74) is 4.72. The number of amides is 1. The molecular formula is C18H18ClN3OS. The molecule has 0 radical (unpaired) electrons. The zero-order chi connectivity index (χ0) is 17.3. The summed E-state index contributed by atoms with van der Waals surface area (Å²) in [5.74, 6) is -0.0489. The minimum atomic E-state index is -0.277. The molecule has 24 heavy (non-hydrogen) atoms. The molecule has 1 heterocycles. The summed E-state index contributed by atoms with van der Waals surface area (Å²) >= 11 is 7.37. The topological polar surface area (TPSA) is 57.8 Å². The first-order valence-corrected chi connectivity index (χ1v) is 8.88. The SMILES string of the molecule is Cc1ccc(C)c(NC(=O)C(C)Sc2nc3ccc(Cl)cc3[nH]2)c1. The van der Waals surface area contributed by atoms with Gasteiger partial charge in [0.2, 0.25) is 5.91 Å². The molecule has 1 atom stereocenters. The molecule has 0 fully saturated rings. The quantitative estimate of drug-likeness (QED) is 0.648. The van der Waals surface area contributed by atoms with E-state index in [1.165, 1.54) is 11.8 Å². The maximum atomic E-state index is 12.5. The molecule has 3 rings (SSSR count). The highest BCUT2D eigenvalue weighted by Gasteiger charge is 2.17. The van der Waals surface area contributed by atoms with Crippen molar-refractivity contribution in [3.63, 3.8) is 0 Å². The van der Waals surface area contributed by atoms with Crippen LogP contribution >= 0.6 is 23.4 Å². The number of hydrogen-bond donors (Lipinski definition) is 2. The van der Waals surface area contributed by atoms with Gasteiger partial charge in [-0.3, -0.25) is 4.79 Å². The third kappa shape index (κ3) is 3.74. The molecule has 1 unspecified atom stereocenters. The van der Waals surface area contributed by atoms with Gasteiger partial charge in [0.25, 0.3) is 0 Å².